The Morgan fingerprint density at radius 1 is 1.50 bits per heavy atom. The van der Waals surface area contributed by atoms with Crippen LogP contribution in [0.1, 0.15) is 38.3 Å². The summed E-state index contributed by atoms with van der Waals surface area (Å²) in [6, 6.07) is 8.64. The zero-order valence-corrected chi connectivity index (χ0v) is 11.4. The molecular formula is C15H24N2O. The van der Waals surface area contributed by atoms with Gasteiger partial charge in [-0.2, -0.15) is 0 Å². The lowest BCUT2D eigenvalue weighted by Crippen LogP contribution is -2.39. The van der Waals surface area contributed by atoms with E-state index in [0.29, 0.717) is 17.8 Å². The lowest BCUT2D eigenvalue weighted by molar-refractivity contribution is 0.153. The molecule has 0 bridgehead atoms. The van der Waals surface area contributed by atoms with E-state index < -0.39 is 0 Å². The van der Waals surface area contributed by atoms with Crippen molar-refractivity contribution in [1.29, 1.82) is 0 Å². The van der Waals surface area contributed by atoms with Crippen molar-refractivity contribution < 1.29 is 5.11 Å². The van der Waals surface area contributed by atoms with Crippen LogP contribution in [0.2, 0.25) is 0 Å². The minimum Gasteiger partial charge on any atom is -0.508 e. The molecule has 1 aliphatic heterocycles. The molecule has 1 heterocycles. The zero-order valence-electron chi connectivity index (χ0n) is 11.4. The molecule has 1 fully saturated rings. The summed E-state index contributed by atoms with van der Waals surface area (Å²) in [7, 11) is 0. The van der Waals surface area contributed by atoms with Gasteiger partial charge in [0.25, 0.3) is 0 Å². The molecule has 0 saturated carbocycles. The maximum Gasteiger partial charge on any atom is 0.115 e. The van der Waals surface area contributed by atoms with Crippen LogP contribution >= 0.6 is 0 Å². The van der Waals surface area contributed by atoms with Gasteiger partial charge in [0.05, 0.1) is 0 Å². The Labute approximate surface area is 110 Å². The van der Waals surface area contributed by atoms with E-state index in [1.54, 1.807) is 6.07 Å². The van der Waals surface area contributed by atoms with Crippen LogP contribution in [0.15, 0.2) is 24.3 Å². The highest BCUT2D eigenvalue weighted by Gasteiger charge is 2.26. The van der Waals surface area contributed by atoms with Crippen LogP contribution < -0.4 is 5.32 Å². The minimum absolute atomic E-state index is 0.361. The minimum atomic E-state index is 0.361. The molecule has 1 aromatic rings. The Balaban J connectivity index is 2.14. The lowest BCUT2D eigenvalue weighted by atomic mass is 10.0. The van der Waals surface area contributed by atoms with Crippen molar-refractivity contribution in [2.75, 3.05) is 19.6 Å². The number of hydrogen-bond acceptors (Lipinski definition) is 3. The van der Waals surface area contributed by atoms with Crippen molar-refractivity contribution in [2.24, 2.45) is 0 Å². The molecule has 2 N–H and O–H groups in total. The van der Waals surface area contributed by atoms with Crippen LogP contribution in [0, 0.1) is 0 Å². The summed E-state index contributed by atoms with van der Waals surface area (Å²) in [5.74, 6) is 0.361. The number of benzene rings is 1. The fourth-order valence-electron chi connectivity index (χ4n) is 2.85. The Hall–Kier alpha value is -1.06. The molecule has 0 amide bonds. The van der Waals surface area contributed by atoms with E-state index >= 15 is 0 Å². The largest absolute Gasteiger partial charge is 0.508 e. The number of nitrogens with one attached hydrogen (secondary N) is 1. The van der Waals surface area contributed by atoms with E-state index in [1.165, 1.54) is 18.4 Å². The van der Waals surface area contributed by atoms with Crippen molar-refractivity contribution in [3.8, 4) is 5.75 Å². The number of rotatable bonds is 5. The highest BCUT2D eigenvalue weighted by atomic mass is 16.3. The molecular weight excluding hydrogens is 224 g/mol. The Morgan fingerprint density at radius 2 is 2.33 bits per heavy atom. The molecule has 0 aliphatic carbocycles. The number of phenolic OH excluding ortho intramolecular Hbond substituents is 1. The second kappa shape index (κ2) is 6.21. The van der Waals surface area contributed by atoms with Crippen molar-refractivity contribution in [3.05, 3.63) is 29.8 Å². The average Bonchev–Trinajstić information content (AvgIpc) is 2.89. The first kappa shape index (κ1) is 13.4. The van der Waals surface area contributed by atoms with Crippen molar-refractivity contribution >= 4 is 0 Å². The predicted molar refractivity (Wildman–Crippen MR) is 74.8 cm³/mol. The molecule has 2 rings (SSSR count). The van der Waals surface area contributed by atoms with Crippen LogP contribution in [0.25, 0.3) is 0 Å². The predicted octanol–water partition coefficient (Wildman–Crippen LogP) is 2.53. The third-order valence-electron chi connectivity index (χ3n) is 3.84. The van der Waals surface area contributed by atoms with Crippen LogP contribution in [-0.2, 0) is 0 Å². The molecule has 3 nitrogen and oxygen atoms in total. The lowest BCUT2D eigenvalue weighted by Gasteiger charge is -2.34. The highest BCUT2D eigenvalue weighted by molar-refractivity contribution is 5.29. The summed E-state index contributed by atoms with van der Waals surface area (Å²) in [6.07, 6.45) is 2.39. The number of phenols is 1. The van der Waals surface area contributed by atoms with Crippen molar-refractivity contribution in [2.45, 2.75) is 38.8 Å². The van der Waals surface area contributed by atoms with Gasteiger partial charge in [-0.25, -0.2) is 0 Å². The van der Waals surface area contributed by atoms with Gasteiger partial charge in [-0.15, -0.1) is 0 Å². The maximum atomic E-state index is 9.61. The summed E-state index contributed by atoms with van der Waals surface area (Å²) in [4.78, 5) is 2.56. The number of hydrogen-bond donors (Lipinski definition) is 2. The molecule has 100 valence electrons. The summed E-state index contributed by atoms with van der Waals surface area (Å²) in [5.41, 5.74) is 1.20. The van der Waals surface area contributed by atoms with Gasteiger partial charge >= 0.3 is 0 Å². The highest BCUT2D eigenvalue weighted by Crippen LogP contribution is 2.27. The SMILES string of the molecule is CCCN(C1CCNC1)C(C)c1cccc(O)c1. The first-order valence-corrected chi connectivity index (χ1v) is 6.97. The van der Waals surface area contributed by atoms with E-state index in [1.807, 2.05) is 12.1 Å². The topological polar surface area (TPSA) is 35.5 Å². The normalized spacial score (nSPS) is 21.4. The van der Waals surface area contributed by atoms with Gasteiger partial charge in [-0.1, -0.05) is 19.1 Å². The second-order valence-electron chi connectivity index (χ2n) is 5.16. The third kappa shape index (κ3) is 3.03. The smallest absolute Gasteiger partial charge is 0.115 e. The number of nitrogens with zero attached hydrogens (tertiary/aromatic N) is 1. The van der Waals surface area contributed by atoms with Gasteiger partial charge in [-0.05, 0) is 50.6 Å². The van der Waals surface area contributed by atoms with Crippen LogP contribution in [0.5, 0.6) is 5.75 Å². The molecule has 0 spiro atoms. The second-order valence-corrected chi connectivity index (χ2v) is 5.16. The van der Waals surface area contributed by atoms with Gasteiger partial charge in [0.15, 0.2) is 0 Å². The third-order valence-corrected chi connectivity index (χ3v) is 3.84. The summed E-state index contributed by atoms with van der Waals surface area (Å²) >= 11 is 0. The number of aromatic hydroxyl groups is 1. The molecule has 18 heavy (non-hydrogen) atoms. The summed E-state index contributed by atoms with van der Waals surface area (Å²) in [5, 5.41) is 13.0. The molecule has 2 unspecified atom stereocenters. The molecule has 1 aromatic carbocycles. The standard InChI is InChI=1S/C15H24N2O/c1-3-9-17(14-7-8-16-11-14)12(2)13-5-4-6-15(18)10-13/h4-6,10,12,14,16,18H,3,7-9,11H2,1-2H3. The molecule has 0 aromatic heterocycles. The van der Waals surface area contributed by atoms with Gasteiger partial charge < -0.3 is 10.4 Å². The van der Waals surface area contributed by atoms with Gasteiger partial charge in [0.2, 0.25) is 0 Å². The molecule has 1 saturated heterocycles. The molecule has 3 heteroatoms. The first-order chi connectivity index (χ1) is 8.72. The van der Waals surface area contributed by atoms with Gasteiger partial charge in [0, 0.05) is 18.6 Å². The Bertz CT molecular complexity index is 375. The van der Waals surface area contributed by atoms with Crippen LogP contribution in [0.4, 0.5) is 0 Å². The van der Waals surface area contributed by atoms with E-state index in [4.69, 9.17) is 0 Å². The monoisotopic (exact) mass is 248 g/mol. The maximum absolute atomic E-state index is 9.61. The van der Waals surface area contributed by atoms with E-state index in [-0.39, 0.29) is 0 Å². The fourth-order valence-corrected chi connectivity index (χ4v) is 2.85. The van der Waals surface area contributed by atoms with E-state index in [9.17, 15) is 5.11 Å². The van der Waals surface area contributed by atoms with Crippen molar-refractivity contribution in [3.63, 3.8) is 0 Å². The average molecular weight is 248 g/mol. The Kier molecular flexibility index (Phi) is 4.61. The van der Waals surface area contributed by atoms with Gasteiger partial charge in [0.1, 0.15) is 5.75 Å². The quantitative estimate of drug-likeness (QED) is 0.840. The summed E-state index contributed by atoms with van der Waals surface area (Å²) in [6.45, 7) is 7.79. The fraction of sp³-hybridized carbons (Fsp3) is 0.600. The molecule has 0 radical (unpaired) electrons. The first-order valence-electron chi connectivity index (χ1n) is 6.97. The molecule has 1 aliphatic rings. The van der Waals surface area contributed by atoms with Gasteiger partial charge in [-0.3, -0.25) is 4.90 Å². The van der Waals surface area contributed by atoms with E-state index in [2.05, 4.69) is 30.1 Å². The Morgan fingerprint density at radius 3 is 2.94 bits per heavy atom. The van der Waals surface area contributed by atoms with E-state index in [0.717, 1.165) is 19.6 Å². The van der Waals surface area contributed by atoms with Crippen molar-refractivity contribution in [1.82, 2.24) is 10.2 Å². The molecule has 2 atom stereocenters. The van der Waals surface area contributed by atoms with Crippen LogP contribution in [0.3, 0.4) is 0 Å². The van der Waals surface area contributed by atoms with Crippen LogP contribution in [-0.4, -0.2) is 35.7 Å². The zero-order chi connectivity index (χ0) is 13.0. The summed E-state index contributed by atoms with van der Waals surface area (Å²) < 4.78 is 0.